The van der Waals surface area contributed by atoms with Crippen LogP contribution in [0, 0.1) is 0 Å². The minimum Gasteiger partial charge on any atom is -1.00 e. The molecular weight excluding hydrogens is 742 g/mol. The first-order valence-corrected chi connectivity index (χ1v) is 24.0. The molecule has 0 bridgehead atoms. The molecule has 2 aliphatic rings. The second kappa shape index (κ2) is 20.7. The van der Waals surface area contributed by atoms with Crippen LogP contribution in [0.1, 0.15) is 115 Å². The maximum Gasteiger partial charge on any atom is 4.00 e. The molecule has 2 fully saturated rings. The standard InChI is InChI=1S/C12H23Si.2C11H19Si.2ClH.Hf/c1-3-7-11(8-4-1)13-12-9-5-2-6-10-12;2*1-9(2)10-6-7-11(8-10)12(3,4)5;;;/h11-13H,1-10H2;2*6-9H,1-5H3;2*1H;/q;2*-1;;;+4/p-2. The Kier molecular flexibility index (Phi) is 22.2. The Morgan fingerprint density at radius 1 is 0.600 bits per heavy atom. The van der Waals surface area contributed by atoms with Crippen LogP contribution >= 0.6 is 0 Å². The van der Waals surface area contributed by atoms with E-state index >= 15 is 0 Å². The summed E-state index contributed by atoms with van der Waals surface area (Å²) in [4.78, 5) is 0. The zero-order valence-electron chi connectivity index (χ0n) is 27.7. The maximum atomic E-state index is 2.40. The van der Waals surface area contributed by atoms with Crippen LogP contribution in [0.5, 0.6) is 0 Å². The monoisotopic (exact) mass is 803 g/mol. The molecule has 0 saturated heterocycles. The molecule has 1 radical (unpaired) electrons. The van der Waals surface area contributed by atoms with Gasteiger partial charge in [-0.15, -0.1) is 0 Å². The summed E-state index contributed by atoms with van der Waals surface area (Å²) in [5.41, 5.74) is 5.40. The van der Waals surface area contributed by atoms with Crippen LogP contribution in [-0.2, 0) is 25.8 Å². The second-order valence-electron chi connectivity index (χ2n) is 14.7. The van der Waals surface area contributed by atoms with Crippen LogP contribution < -0.4 is 35.2 Å². The molecule has 2 aromatic carbocycles. The number of hydrogen-bond acceptors (Lipinski definition) is 0. The molecule has 2 saturated carbocycles. The average Bonchev–Trinajstić information content (AvgIpc) is 3.52. The minimum absolute atomic E-state index is 0. The van der Waals surface area contributed by atoms with E-state index in [1.165, 1.54) is 35.1 Å². The van der Waals surface area contributed by atoms with Crippen LogP contribution in [0.4, 0.5) is 0 Å². The topological polar surface area (TPSA) is 0 Å². The predicted molar refractivity (Wildman–Crippen MR) is 179 cm³/mol. The van der Waals surface area contributed by atoms with E-state index in [-0.39, 0.29) is 50.7 Å². The van der Waals surface area contributed by atoms with Crippen molar-refractivity contribution in [2.75, 3.05) is 0 Å². The molecule has 0 unspecified atom stereocenters. The molecule has 0 aliphatic heterocycles. The van der Waals surface area contributed by atoms with E-state index in [4.69, 9.17) is 0 Å². The van der Waals surface area contributed by atoms with Crippen LogP contribution in [0.25, 0.3) is 0 Å². The molecule has 0 nitrogen and oxygen atoms in total. The van der Waals surface area contributed by atoms with E-state index in [0.717, 1.165) is 9.52 Å². The zero-order valence-corrected chi connectivity index (χ0v) is 35.9. The van der Waals surface area contributed by atoms with Gasteiger partial charge in [0.05, 0.1) is 0 Å². The van der Waals surface area contributed by atoms with Gasteiger partial charge in [0.25, 0.3) is 0 Å². The molecule has 0 aromatic heterocycles. The largest absolute Gasteiger partial charge is 4.00 e. The molecule has 40 heavy (non-hydrogen) atoms. The molecular formula is C34H61Cl2HfSi3. The van der Waals surface area contributed by atoms with Gasteiger partial charge in [0.1, 0.15) is 0 Å². The van der Waals surface area contributed by atoms with Crippen molar-refractivity contribution in [2.45, 2.75) is 154 Å². The molecule has 0 spiro atoms. The molecule has 2 aromatic rings. The third-order valence-corrected chi connectivity index (χ3v) is 15.0. The van der Waals surface area contributed by atoms with Gasteiger partial charge in [-0.25, -0.2) is 22.5 Å². The molecule has 2 aliphatic carbocycles. The summed E-state index contributed by atoms with van der Waals surface area (Å²) in [7, 11) is -1.29. The fraction of sp³-hybridized carbons (Fsp3) is 0.706. The summed E-state index contributed by atoms with van der Waals surface area (Å²) in [6.07, 6.45) is 15.6. The third-order valence-electron chi connectivity index (χ3n) is 8.46. The van der Waals surface area contributed by atoms with Gasteiger partial charge in [0.2, 0.25) is 0 Å². The second-order valence-corrected chi connectivity index (χ2v) is 27.1. The van der Waals surface area contributed by atoms with Crippen LogP contribution in [0.2, 0.25) is 50.4 Å². The Morgan fingerprint density at radius 3 is 1.10 bits per heavy atom. The number of halogens is 2. The van der Waals surface area contributed by atoms with Crippen LogP contribution in [0.15, 0.2) is 36.4 Å². The van der Waals surface area contributed by atoms with Crippen LogP contribution in [0.3, 0.4) is 0 Å². The fourth-order valence-corrected chi connectivity index (χ4v) is 10.5. The predicted octanol–water partition coefficient (Wildman–Crippen LogP) is 4.08. The number of hydrogen-bond donors (Lipinski definition) is 0. The Labute approximate surface area is 286 Å². The summed E-state index contributed by atoms with van der Waals surface area (Å²) < 4.78 is 0. The van der Waals surface area contributed by atoms with Crippen molar-refractivity contribution < 1.29 is 50.7 Å². The van der Waals surface area contributed by atoms with Gasteiger partial charge in [-0.05, 0) is 22.9 Å². The Morgan fingerprint density at radius 2 is 0.900 bits per heavy atom. The first-order chi connectivity index (χ1) is 17.3. The summed E-state index contributed by atoms with van der Waals surface area (Å²) >= 11 is 0. The molecule has 6 heteroatoms. The van der Waals surface area contributed by atoms with Crippen LogP contribution in [-0.4, -0.2) is 25.7 Å². The molecule has 0 N–H and O–H groups in total. The van der Waals surface area contributed by atoms with E-state index in [1.807, 2.05) is 0 Å². The first-order valence-electron chi connectivity index (χ1n) is 15.7. The van der Waals surface area contributed by atoms with E-state index in [9.17, 15) is 0 Å². The quantitative estimate of drug-likeness (QED) is 0.306. The van der Waals surface area contributed by atoms with Gasteiger partial charge in [0, 0.05) is 25.7 Å². The van der Waals surface area contributed by atoms with E-state index in [1.54, 1.807) is 61.7 Å². The molecule has 227 valence electrons. The Hall–Kier alpha value is 0.801. The van der Waals surface area contributed by atoms with E-state index in [0.29, 0.717) is 11.8 Å². The van der Waals surface area contributed by atoms with E-state index < -0.39 is 16.1 Å². The van der Waals surface area contributed by atoms with Crippen molar-refractivity contribution in [1.82, 2.24) is 0 Å². The van der Waals surface area contributed by atoms with Crippen molar-refractivity contribution in [1.29, 1.82) is 0 Å². The number of rotatable bonds is 6. The van der Waals surface area contributed by atoms with Crippen molar-refractivity contribution in [3.05, 3.63) is 47.5 Å². The van der Waals surface area contributed by atoms with Gasteiger partial charge in [-0.3, -0.25) is 0 Å². The maximum absolute atomic E-state index is 2.40. The average molecular weight is 804 g/mol. The van der Waals surface area contributed by atoms with Crippen molar-refractivity contribution in [3.8, 4) is 0 Å². The molecule has 4 rings (SSSR count). The van der Waals surface area contributed by atoms with Crippen molar-refractivity contribution in [2.24, 2.45) is 0 Å². The van der Waals surface area contributed by atoms with Gasteiger partial charge >= 0.3 is 25.8 Å². The van der Waals surface area contributed by atoms with Gasteiger partial charge in [0.15, 0.2) is 0 Å². The first kappa shape index (κ1) is 42.9. The normalized spacial score (nSPS) is 16.5. The van der Waals surface area contributed by atoms with Crippen molar-refractivity contribution >= 4 is 36.0 Å². The fourth-order valence-electron chi connectivity index (χ4n) is 5.61. The molecule has 0 heterocycles. The Bertz CT molecular complexity index is 805. The summed E-state index contributed by atoms with van der Waals surface area (Å²) in [6.45, 7) is 23.4. The SMILES string of the molecule is C1CCC([SiH]C2CCCCC2)CC1.CC(C)c1cc([Si](C)(C)C)c[cH-]1.CC(C)c1cc([Si](C)(C)C)c[cH-]1.[Cl-].[Cl-].[Hf+4]. The van der Waals surface area contributed by atoms with E-state index in [2.05, 4.69) is 103 Å². The summed E-state index contributed by atoms with van der Waals surface area (Å²) in [5, 5.41) is 3.18. The smallest absolute Gasteiger partial charge is 1.00 e. The van der Waals surface area contributed by atoms with Gasteiger partial charge in [-0.2, -0.15) is 35.4 Å². The van der Waals surface area contributed by atoms with Crippen molar-refractivity contribution in [3.63, 3.8) is 0 Å². The van der Waals surface area contributed by atoms with Gasteiger partial charge < -0.3 is 24.8 Å². The third kappa shape index (κ3) is 16.0. The molecule has 0 atom stereocenters. The zero-order chi connectivity index (χ0) is 27.6. The summed E-state index contributed by atoms with van der Waals surface area (Å²) in [5.74, 6) is 1.35. The minimum atomic E-state index is -1.06. The van der Waals surface area contributed by atoms with Gasteiger partial charge in [-0.1, -0.05) is 131 Å². The Balaban J connectivity index is 0. The summed E-state index contributed by atoms with van der Waals surface area (Å²) in [6, 6.07) is 13.9. The molecule has 0 amide bonds.